The van der Waals surface area contributed by atoms with Crippen LogP contribution in [0.3, 0.4) is 0 Å². The summed E-state index contributed by atoms with van der Waals surface area (Å²) < 4.78 is 83.6. The molecule has 1 atom stereocenters. The summed E-state index contributed by atoms with van der Waals surface area (Å²) in [7, 11) is 0. The molecule has 13 heteroatoms. The van der Waals surface area contributed by atoms with Gasteiger partial charge in [0.05, 0.1) is 28.4 Å². The molecule has 36 heavy (non-hydrogen) atoms. The van der Waals surface area contributed by atoms with Crippen LogP contribution >= 0.6 is 0 Å². The lowest BCUT2D eigenvalue weighted by Crippen LogP contribution is -2.49. The van der Waals surface area contributed by atoms with Gasteiger partial charge in [0.2, 0.25) is 5.91 Å². The van der Waals surface area contributed by atoms with Crippen molar-refractivity contribution < 1.29 is 35.9 Å². The van der Waals surface area contributed by atoms with Crippen LogP contribution in [0.5, 0.6) is 0 Å². The van der Waals surface area contributed by atoms with Crippen LogP contribution in [0.2, 0.25) is 0 Å². The van der Waals surface area contributed by atoms with Crippen LogP contribution in [0, 0.1) is 17.5 Å². The number of rotatable bonds is 4. The number of hydrogen-bond donors (Lipinski definition) is 0. The number of hydrogen-bond acceptors (Lipinski definition) is 4. The molecular weight excluding hydrogens is 492 g/mol. The third kappa shape index (κ3) is 4.16. The monoisotopic (exact) mass is 511 g/mol. The fourth-order valence-electron chi connectivity index (χ4n) is 4.82. The Bertz CT molecular complexity index is 1350. The van der Waals surface area contributed by atoms with E-state index in [-0.39, 0.29) is 54.6 Å². The Balaban J connectivity index is 1.41. The standard InChI is InChI=1S/C23H19F6N5O2/c24-13-6-15(25)20-17(7-13)34(11-19(35)33-5-1-2-18(33)23(27,28)29)31-21(20)12-9-32(10-12)22(36)14-3-4-30-8-16(14)26/h3-4,6-8,12,18H,1-2,5,9-11H2/t18-/m0/s1. The molecule has 0 N–H and O–H groups in total. The summed E-state index contributed by atoms with van der Waals surface area (Å²) in [6, 6.07) is 0.921. The van der Waals surface area contributed by atoms with Crippen LogP contribution in [0.15, 0.2) is 30.6 Å². The quantitative estimate of drug-likeness (QED) is 0.502. The molecule has 2 aliphatic rings. The molecular formula is C23H19F6N5O2. The van der Waals surface area contributed by atoms with Gasteiger partial charge in [-0.3, -0.25) is 19.3 Å². The highest BCUT2D eigenvalue weighted by Gasteiger charge is 2.47. The highest BCUT2D eigenvalue weighted by Crippen LogP contribution is 2.36. The Kier molecular flexibility index (Phi) is 5.87. The van der Waals surface area contributed by atoms with Gasteiger partial charge in [0, 0.05) is 43.9 Å². The highest BCUT2D eigenvalue weighted by molar-refractivity contribution is 5.95. The Hall–Kier alpha value is -3.64. The molecule has 0 radical (unpaired) electrons. The highest BCUT2D eigenvalue weighted by atomic mass is 19.4. The lowest BCUT2D eigenvalue weighted by Gasteiger charge is -2.38. The normalized spacial score (nSPS) is 18.7. The summed E-state index contributed by atoms with van der Waals surface area (Å²) in [5.74, 6) is -4.64. The first-order valence-electron chi connectivity index (χ1n) is 11.1. The third-order valence-electron chi connectivity index (χ3n) is 6.59. The lowest BCUT2D eigenvalue weighted by molar-refractivity contribution is -0.183. The molecule has 190 valence electrons. The molecule has 2 fully saturated rings. The molecule has 4 heterocycles. The van der Waals surface area contributed by atoms with Gasteiger partial charge in [-0.1, -0.05) is 0 Å². The molecule has 2 saturated heterocycles. The van der Waals surface area contributed by atoms with Crippen LogP contribution in [-0.2, 0) is 11.3 Å². The van der Waals surface area contributed by atoms with Crippen molar-refractivity contribution in [2.45, 2.75) is 37.5 Å². The number of carbonyl (C=O) groups excluding carboxylic acids is 2. The van der Waals surface area contributed by atoms with Crippen molar-refractivity contribution in [1.82, 2.24) is 24.6 Å². The molecule has 3 aromatic rings. The van der Waals surface area contributed by atoms with Gasteiger partial charge in [0.15, 0.2) is 5.82 Å². The van der Waals surface area contributed by atoms with Gasteiger partial charge < -0.3 is 9.80 Å². The number of halogens is 6. The third-order valence-corrected chi connectivity index (χ3v) is 6.59. The minimum Gasteiger partial charge on any atom is -0.337 e. The van der Waals surface area contributed by atoms with Crippen LogP contribution in [-0.4, -0.2) is 68.2 Å². The zero-order valence-electron chi connectivity index (χ0n) is 18.6. The molecule has 0 bridgehead atoms. The first-order chi connectivity index (χ1) is 17.0. The molecule has 1 aromatic carbocycles. The SMILES string of the molecule is O=C(c1ccncc1F)N1CC(c2nn(CC(=O)N3CCC[C@H]3C(F)(F)F)c3cc(F)cc(F)c23)C1. The zero-order valence-corrected chi connectivity index (χ0v) is 18.6. The van der Waals surface area contributed by atoms with Crippen molar-refractivity contribution in [3.8, 4) is 0 Å². The summed E-state index contributed by atoms with van der Waals surface area (Å²) in [6.45, 7) is -0.605. The van der Waals surface area contributed by atoms with Gasteiger partial charge in [-0.25, -0.2) is 13.2 Å². The average Bonchev–Trinajstić information content (AvgIpc) is 3.39. The van der Waals surface area contributed by atoms with Crippen molar-refractivity contribution in [2.75, 3.05) is 19.6 Å². The Morgan fingerprint density at radius 3 is 2.53 bits per heavy atom. The van der Waals surface area contributed by atoms with Gasteiger partial charge in [0.25, 0.3) is 5.91 Å². The number of nitrogens with zero attached hydrogens (tertiary/aromatic N) is 5. The second-order valence-corrected chi connectivity index (χ2v) is 8.87. The number of pyridine rings is 1. The largest absolute Gasteiger partial charge is 0.408 e. The molecule has 0 saturated carbocycles. The minimum atomic E-state index is -4.59. The van der Waals surface area contributed by atoms with E-state index in [1.165, 1.54) is 17.2 Å². The van der Waals surface area contributed by atoms with E-state index in [4.69, 9.17) is 0 Å². The lowest BCUT2D eigenvalue weighted by atomic mass is 9.93. The molecule has 2 aliphatic heterocycles. The van der Waals surface area contributed by atoms with Crippen LogP contribution < -0.4 is 0 Å². The van der Waals surface area contributed by atoms with Crippen molar-refractivity contribution in [3.63, 3.8) is 0 Å². The maximum atomic E-state index is 14.8. The maximum absolute atomic E-state index is 14.8. The molecule has 0 unspecified atom stereocenters. The molecule has 5 rings (SSSR count). The Morgan fingerprint density at radius 2 is 1.83 bits per heavy atom. The predicted octanol–water partition coefficient (Wildman–Crippen LogP) is 3.64. The van der Waals surface area contributed by atoms with Crippen molar-refractivity contribution in [1.29, 1.82) is 0 Å². The first kappa shape index (κ1) is 24.1. The van der Waals surface area contributed by atoms with E-state index >= 15 is 0 Å². The van der Waals surface area contributed by atoms with E-state index in [0.717, 1.165) is 21.8 Å². The minimum absolute atomic E-state index is 0.0553. The van der Waals surface area contributed by atoms with Gasteiger partial charge in [-0.15, -0.1) is 0 Å². The van der Waals surface area contributed by atoms with Crippen molar-refractivity contribution in [2.24, 2.45) is 0 Å². The van der Waals surface area contributed by atoms with E-state index in [1.54, 1.807) is 0 Å². The van der Waals surface area contributed by atoms with Gasteiger partial charge in [0.1, 0.15) is 24.2 Å². The predicted molar refractivity (Wildman–Crippen MR) is 113 cm³/mol. The van der Waals surface area contributed by atoms with Gasteiger partial charge in [-0.05, 0) is 18.9 Å². The van der Waals surface area contributed by atoms with E-state index in [2.05, 4.69) is 10.1 Å². The maximum Gasteiger partial charge on any atom is 0.408 e. The van der Waals surface area contributed by atoms with Crippen LogP contribution in [0.25, 0.3) is 10.9 Å². The van der Waals surface area contributed by atoms with Crippen molar-refractivity contribution in [3.05, 3.63) is 59.3 Å². The number of likely N-dealkylation sites (tertiary alicyclic amines) is 2. The van der Waals surface area contributed by atoms with E-state index in [0.29, 0.717) is 6.07 Å². The number of amides is 2. The fraction of sp³-hybridized carbons (Fsp3) is 0.391. The molecule has 0 aliphatic carbocycles. The first-order valence-corrected chi connectivity index (χ1v) is 11.1. The summed E-state index contributed by atoms with van der Waals surface area (Å²) in [4.78, 5) is 31.0. The number of fused-ring (bicyclic) bond motifs is 1. The topological polar surface area (TPSA) is 71.3 Å². The van der Waals surface area contributed by atoms with Crippen molar-refractivity contribution >= 4 is 22.7 Å². The Labute approximate surface area is 200 Å². The van der Waals surface area contributed by atoms with E-state index in [9.17, 15) is 35.9 Å². The van der Waals surface area contributed by atoms with Crippen LogP contribution in [0.4, 0.5) is 26.3 Å². The van der Waals surface area contributed by atoms with Gasteiger partial charge >= 0.3 is 6.18 Å². The fourth-order valence-corrected chi connectivity index (χ4v) is 4.82. The smallest absolute Gasteiger partial charge is 0.337 e. The average molecular weight is 511 g/mol. The summed E-state index contributed by atoms with van der Waals surface area (Å²) in [5.41, 5.74) is -0.116. The number of benzene rings is 1. The second-order valence-electron chi connectivity index (χ2n) is 8.87. The summed E-state index contributed by atoms with van der Waals surface area (Å²) in [6.07, 6.45) is -2.43. The number of alkyl halides is 3. The Morgan fingerprint density at radius 1 is 1.08 bits per heavy atom. The van der Waals surface area contributed by atoms with E-state index in [1.807, 2.05) is 0 Å². The van der Waals surface area contributed by atoms with Gasteiger partial charge in [-0.2, -0.15) is 18.3 Å². The molecule has 2 amide bonds. The number of carbonyl (C=O) groups is 2. The molecule has 2 aromatic heterocycles. The molecule has 0 spiro atoms. The second kappa shape index (κ2) is 8.79. The summed E-state index contributed by atoms with van der Waals surface area (Å²) in [5, 5.41) is 4.18. The van der Waals surface area contributed by atoms with Crippen LogP contribution in [0.1, 0.15) is 34.8 Å². The summed E-state index contributed by atoms with van der Waals surface area (Å²) >= 11 is 0. The zero-order chi connectivity index (χ0) is 25.8. The number of aromatic nitrogens is 3. The molecule has 7 nitrogen and oxygen atoms in total. The van der Waals surface area contributed by atoms with E-state index < -0.39 is 53.9 Å².